The minimum Gasteiger partial charge on any atom is -0.352 e. The van der Waals surface area contributed by atoms with Crippen molar-refractivity contribution in [2.75, 3.05) is 16.6 Å². The summed E-state index contributed by atoms with van der Waals surface area (Å²) in [6, 6.07) is 16.6. The molecule has 0 heterocycles. The average molecular weight is 494 g/mol. The Balaban J connectivity index is 1.86. The number of sulfonamides is 1. The lowest BCUT2D eigenvalue weighted by Crippen LogP contribution is -2.28. The molecule has 0 fully saturated rings. The van der Waals surface area contributed by atoms with E-state index in [-0.39, 0.29) is 22.3 Å². The molecule has 0 saturated carbocycles. The van der Waals surface area contributed by atoms with Gasteiger partial charge in [0.2, 0.25) is 0 Å². The van der Waals surface area contributed by atoms with Crippen molar-refractivity contribution < 1.29 is 18.0 Å². The zero-order valence-corrected chi connectivity index (χ0v) is 21.4. The maximum atomic E-state index is 13.2. The summed E-state index contributed by atoms with van der Waals surface area (Å²) in [7, 11) is -3.94. The molecule has 3 aromatic rings. The van der Waals surface area contributed by atoms with Gasteiger partial charge in [-0.25, -0.2) is 8.42 Å². The molecule has 3 rings (SSSR count). The Labute approximate surface area is 207 Å². The summed E-state index contributed by atoms with van der Waals surface area (Å²) < 4.78 is 29.0. The maximum absolute atomic E-state index is 13.2. The van der Waals surface area contributed by atoms with Crippen molar-refractivity contribution in [3.8, 4) is 0 Å². The van der Waals surface area contributed by atoms with Crippen LogP contribution in [0.3, 0.4) is 0 Å². The van der Waals surface area contributed by atoms with E-state index >= 15 is 0 Å². The Morgan fingerprint density at radius 2 is 1.54 bits per heavy atom. The zero-order valence-electron chi connectivity index (χ0n) is 20.6. The van der Waals surface area contributed by atoms with Crippen molar-refractivity contribution in [2.45, 2.75) is 39.5 Å². The van der Waals surface area contributed by atoms with E-state index in [9.17, 15) is 18.0 Å². The smallest absolute Gasteiger partial charge is 0.262 e. The lowest BCUT2D eigenvalue weighted by molar-refractivity contribution is 0.0950. The van der Waals surface area contributed by atoms with Crippen LogP contribution in [0.1, 0.15) is 51.3 Å². The van der Waals surface area contributed by atoms with E-state index in [2.05, 4.69) is 15.4 Å². The third-order valence-corrected chi connectivity index (χ3v) is 6.96. The lowest BCUT2D eigenvalue weighted by Gasteiger charge is -2.15. The second-order valence-corrected chi connectivity index (χ2v) is 10.7. The average Bonchev–Trinajstić information content (AvgIpc) is 2.79. The van der Waals surface area contributed by atoms with Crippen LogP contribution in [0.4, 0.5) is 11.4 Å². The molecule has 0 bridgehead atoms. The Bertz CT molecular complexity index is 1360. The summed E-state index contributed by atoms with van der Waals surface area (Å²) >= 11 is 0. The first-order chi connectivity index (χ1) is 16.5. The molecule has 0 aliphatic carbocycles. The number of amides is 2. The first-order valence-electron chi connectivity index (χ1n) is 11.4. The summed E-state index contributed by atoms with van der Waals surface area (Å²) in [5.41, 5.74) is 3.65. The first-order valence-corrected chi connectivity index (χ1v) is 12.9. The van der Waals surface area contributed by atoms with Gasteiger partial charge in [-0.15, -0.1) is 0 Å². The second-order valence-electron chi connectivity index (χ2n) is 9.01. The number of para-hydroxylation sites is 1. The van der Waals surface area contributed by atoms with Crippen molar-refractivity contribution in [3.63, 3.8) is 0 Å². The number of hydrogen-bond donors (Lipinski definition) is 3. The zero-order chi connectivity index (χ0) is 25.8. The van der Waals surface area contributed by atoms with E-state index in [0.717, 1.165) is 11.1 Å². The van der Waals surface area contributed by atoms with Crippen LogP contribution in [0.15, 0.2) is 65.6 Å². The van der Waals surface area contributed by atoms with Gasteiger partial charge < -0.3 is 10.6 Å². The highest BCUT2D eigenvalue weighted by Gasteiger charge is 2.21. The molecular weight excluding hydrogens is 462 g/mol. The normalized spacial score (nSPS) is 11.3. The highest BCUT2D eigenvalue weighted by molar-refractivity contribution is 7.92. The molecule has 8 heteroatoms. The molecule has 3 N–H and O–H groups in total. The maximum Gasteiger partial charge on any atom is 0.262 e. The van der Waals surface area contributed by atoms with Gasteiger partial charge in [-0.2, -0.15) is 0 Å². The number of carbonyl (C=O) groups is 2. The number of benzene rings is 3. The Kier molecular flexibility index (Phi) is 7.96. The second kappa shape index (κ2) is 10.7. The summed E-state index contributed by atoms with van der Waals surface area (Å²) in [6.07, 6.45) is 0. The summed E-state index contributed by atoms with van der Waals surface area (Å²) in [5.74, 6) is -0.526. The van der Waals surface area contributed by atoms with E-state index < -0.39 is 15.9 Å². The van der Waals surface area contributed by atoms with Crippen LogP contribution in [-0.4, -0.2) is 26.8 Å². The molecule has 0 unspecified atom stereocenters. The molecule has 0 aliphatic rings. The molecule has 0 aromatic heterocycles. The number of hydrogen-bond acceptors (Lipinski definition) is 4. The lowest BCUT2D eigenvalue weighted by atomic mass is 10.1. The van der Waals surface area contributed by atoms with Gasteiger partial charge in [0.15, 0.2) is 0 Å². The number of carbonyl (C=O) groups excluding carboxylic acids is 2. The fourth-order valence-electron chi connectivity index (χ4n) is 3.54. The van der Waals surface area contributed by atoms with E-state index in [4.69, 9.17) is 0 Å². The fraction of sp³-hybridized carbons (Fsp3) is 0.259. The van der Waals surface area contributed by atoms with E-state index in [0.29, 0.717) is 29.0 Å². The van der Waals surface area contributed by atoms with Crippen LogP contribution in [0.5, 0.6) is 0 Å². The van der Waals surface area contributed by atoms with E-state index in [1.54, 1.807) is 49.4 Å². The number of nitrogens with one attached hydrogen (secondary N) is 3. The first kappa shape index (κ1) is 26.0. The number of aryl methyl sites for hydroxylation is 3. The molecule has 184 valence electrons. The van der Waals surface area contributed by atoms with Crippen LogP contribution in [-0.2, 0) is 10.0 Å². The molecule has 2 amide bonds. The predicted octanol–water partition coefficient (Wildman–Crippen LogP) is 5.05. The summed E-state index contributed by atoms with van der Waals surface area (Å²) in [6.45, 7) is 9.93. The van der Waals surface area contributed by atoms with Gasteiger partial charge in [-0.1, -0.05) is 49.7 Å². The van der Waals surface area contributed by atoms with Crippen molar-refractivity contribution in [2.24, 2.45) is 5.92 Å². The summed E-state index contributed by atoms with van der Waals surface area (Å²) in [5, 5.41) is 5.59. The van der Waals surface area contributed by atoms with Crippen molar-refractivity contribution in [3.05, 3.63) is 88.5 Å². The van der Waals surface area contributed by atoms with Crippen LogP contribution < -0.4 is 15.4 Å². The highest BCUT2D eigenvalue weighted by atomic mass is 32.2. The molecule has 3 aromatic carbocycles. The van der Waals surface area contributed by atoms with Gasteiger partial charge in [0, 0.05) is 12.1 Å². The standard InChI is InChI=1S/C27H31N3O4S/c1-17(2)16-28-27(32)22-8-6-7-9-24(22)29-26(31)21-12-11-19(4)25(15-21)35(33,34)30-23-13-10-18(3)14-20(23)5/h6-15,17,30H,16H2,1-5H3,(H,28,32)(H,29,31). The van der Waals surface area contributed by atoms with E-state index in [1.165, 1.54) is 6.07 Å². The third-order valence-electron chi connectivity index (χ3n) is 5.46. The van der Waals surface area contributed by atoms with Crippen LogP contribution in [0, 0.1) is 26.7 Å². The Morgan fingerprint density at radius 1 is 0.829 bits per heavy atom. The van der Waals surface area contributed by atoms with Gasteiger partial charge in [-0.05, 0) is 68.1 Å². The van der Waals surface area contributed by atoms with Crippen LogP contribution in [0.25, 0.3) is 0 Å². The predicted molar refractivity (Wildman–Crippen MR) is 139 cm³/mol. The molecule has 35 heavy (non-hydrogen) atoms. The van der Waals surface area contributed by atoms with Gasteiger partial charge >= 0.3 is 0 Å². The molecule has 0 radical (unpaired) electrons. The van der Waals surface area contributed by atoms with Crippen molar-refractivity contribution >= 4 is 33.2 Å². The van der Waals surface area contributed by atoms with Crippen LogP contribution >= 0.6 is 0 Å². The Morgan fingerprint density at radius 3 is 2.23 bits per heavy atom. The minimum atomic E-state index is -3.94. The molecule has 0 atom stereocenters. The van der Waals surface area contributed by atoms with Gasteiger partial charge in [0.05, 0.1) is 21.8 Å². The molecule has 0 saturated heterocycles. The SMILES string of the molecule is Cc1ccc(NS(=O)(=O)c2cc(C(=O)Nc3ccccc3C(=O)NCC(C)C)ccc2C)c(C)c1. The van der Waals surface area contributed by atoms with Gasteiger partial charge in [0.1, 0.15) is 0 Å². The molecule has 0 aliphatic heterocycles. The largest absolute Gasteiger partial charge is 0.352 e. The molecule has 0 spiro atoms. The Hall–Kier alpha value is -3.65. The monoisotopic (exact) mass is 493 g/mol. The number of anilines is 2. The quantitative estimate of drug-likeness (QED) is 0.408. The van der Waals surface area contributed by atoms with Gasteiger partial charge in [-0.3, -0.25) is 14.3 Å². The van der Waals surface area contributed by atoms with Crippen molar-refractivity contribution in [1.82, 2.24) is 5.32 Å². The fourth-order valence-corrected chi connectivity index (χ4v) is 4.94. The molecule has 7 nitrogen and oxygen atoms in total. The van der Waals surface area contributed by atoms with E-state index in [1.807, 2.05) is 39.8 Å². The van der Waals surface area contributed by atoms with Crippen molar-refractivity contribution in [1.29, 1.82) is 0 Å². The topological polar surface area (TPSA) is 104 Å². The number of rotatable bonds is 8. The summed E-state index contributed by atoms with van der Waals surface area (Å²) in [4.78, 5) is 25.6. The minimum absolute atomic E-state index is 0.00749. The van der Waals surface area contributed by atoms with Gasteiger partial charge in [0.25, 0.3) is 21.8 Å². The molecular formula is C27H31N3O4S. The third kappa shape index (κ3) is 6.48. The van der Waals surface area contributed by atoms with Crippen LogP contribution in [0.2, 0.25) is 0 Å². The highest BCUT2D eigenvalue weighted by Crippen LogP contribution is 2.24.